The minimum atomic E-state index is -0.116. The van der Waals surface area contributed by atoms with E-state index >= 15 is 0 Å². The van der Waals surface area contributed by atoms with Gasteiger partial charge >= 0.3 is 0 Å². The fourth-order valence-electron chi connectivity index (χ4n) is 0.477. The quantitative estimate of drug-likeness (QED) is 0.344. The maximum Gasteiger partial charge on any atom is 0.185 e. The van der Waals surface area contributed by atoms with Gasteiger partial charge in [-0.05, 0) is 0 Å². The maximum atomic E-state index is 7.11. The molecule has 0 aliphatic heterocycles. The van der Waals surface area contributed by atoms with Crippen LogP contribution in [0.2, 0.25) is 0 Å². The summed E-state index contributed by atoms with van der Waals surface area (Å²) in [7, 11) is 1.45. The van der Waals surface area contributed by atoms with Crippen LogP contribution < -0.4 is 11.5 Å². The molecule has 0 aromatic rings. The van der Waals surface area contributed by atoms with Crippen molar-refractivity contribution in [2.24, 2.45) is 17.4 Å². The van der Waals surface area contributed by atoms with Gasteiger partial charge in [0, 0.05) is 13.1 Å². The highest BCUT2D eigenvalue weighted by Crippen LogP contribution is 1.92. The minimum absolute atomic E-state index is 0.116. The Labute approximate surface area is 54.7 Å². The van der Waals surface area contributed by atoms with E-state index in [4.69, 9.17) is 16.9 Å². The van der Waals surface area contributed by atoms with Gasteiger partial charge in [-0.25, -0.2) is 0 Å². The highest BCUT2D eigenvalue weighted by Gasteiger charge is 2.09. The van der Waals surface area contributed by atoms with Crippen molar-refractivity contribution < 1.29 is 4.74 Å². The fraction of sp³-hybridized carbons (Fsp3) is 0.800. The molecule has 0 spiro atoms. The summed E-state index contributed by atoms with van der Waals surface area (Å²) in [6, 6.07) is 0. The third kappa shape index (κ3) is 2.43. The Kier molecular flexibility index (Phi) is 4.00. The van der Waals surface area contributed by atoms with Gasteiger partial charge in [0.05, 0.1) is 13.0 Å². The highest BCUT2D eigenvalue weighted by molar-refractivity contribution is 5.75. The van der Waals surface area contributed by atoms with Crippen molar-refractivity contribution in [1.29, 1.82) is 5.41 Å². The Balaban J connectivity index is 3.64. The monoisotopic (exact) mass is 131 g/mol. The van der Waals surface area contributed by atoms with Gasteiger partial charge in [-0.1, -0.05) is 0 Å². The van der Waals surface area contributed by atoms with Gasteiger partial charge in [0.1, 0.15) is 0 Å². The molecule has 0 atom stereocenters. The second-order valence-electron chi connectivity index (χ2n) is 1.74. The highest BCUT2D eigenvalue weighted by atomic mass is 16.5. The standard InChI is InChI=1S/C5H13N3O/c1-9-5(8)4(2-6)3-7/h4,8H,2-3,6-7H2,1H3. The van der Waals surface area contributed by atoms with E-state index in [1.807, 2.05) is 0 Å². The molecular formula is C5H13N3O. The van der Waals surface area contributed by atoms with Crippen LogP contribution in [0.1, 0.15) is 0 Å². The Bertz CT molecular complexity index is 90.2. The third-order valence-corrected chi connectivity index (χ3v) is 1.16. The predicted molar refractivity (Wildman–Crippen MR) is 36.3 cm³/mol. The second kappa shape index (κ2) is 4.29. The van der Waals surface area contributed by atoms with Crippen LogP contribution in [0.3, 0.4) is 0 Å². The average molecular weight is 131 g/mol. The molecule has 0 aliphatic rings. The molecule has 0 saturated carbocycles. The lowest BCUT2D eigenvalue weighted by Gasteiger charge is -2.10. The van der Waals surface area contributed by atoms with Crippen LogP contribution in [0, 0.1) is 11.3 Å². The fourth-order valence-corrected chi connectivity index (χ4v) is 0.477. The number of hydrogen-bond acceptors (Lipinski definition) is 4. The summed E-state index contributed by atoms with van der Waals surface area (Å²) in [6.45, 7) is 0.756. The van der Waals surface area contributed by atoms with Gasteiger partial charge in [0.2, 0.25) is 0 Å². The number of hydrogen-bond donors (Lipinski definition) is 3. The zero-order chi connectivity index (χ0) is 7.28. The molecule has 9 heavy (non-hydrogen) atoms. The number of ether oxygens (including phenoxy) is 1. The van der Waals surface area contributed by atoms with E-state index in [1.54, 1.807) is 0 Å². The van der Waals surface area contributed by atoms with Crippen LogP contribution in [-0.4, -0.2) is 26.1 Å². The first-order valence-corrected chi connectivity index (χ1v) is 2.78. The molecule has 4 nitrogen and oxygen atoms in total. The molecule has 0 aromatic carbocycles. The lowest BCUT2D eigenvalue weighted by Crippen LogP contribution is -2.31. The third-order valence-electron chi connectivity index (χ3n) is 1.16. The van der Waals surface area contributed by atoms with Crippen LogP contribution >= 0.6 is 0 Å². The summed E-state index contributed by atoms with van der Waals surface area (Å²) in [5, 5.41) is 7.11. The lowest BCUT2D eigenvalue weighted by atomic mass is 10.1. The Morgan fingerprint density at radius 1 is 1.56 bits per heavy atom. The largest absolute Gasteiger partial charge is 0.484 e. The zero-order valence-electron chi connectivity index (χ0n) is 5.55. The van der Waals surface area contributed by atoms with Crippen LogP contribution in [0.5, 0.6) is 0 Å². The van der Waals surface area contributed by atoms with E-state index in [0.717, 1.165) is 0 Å². The van der Waals surface area contributed by atoms with E-state index in [-0.39, 0.29) is 11.8 Å². The number of nitrogens with two attached hydrogens (primary N) is 2. The van der Waals surface area contributed by atoms with E-state index in [0.29, 0.717) is 13.1 Å². The summed E-state index contributed by atoms with van der Waals surface area (Å²) in [4.78, 5) is 0. The molecule has 0 rings (SSSR count). The first-order chi connectivity index (χ1) is 4.26. The lowest BCUT2D eigenvalue weighted by molar-refractivity contribution is 0.363. The molecule has 0 aliphatic carbocycles. The topological polar surface area (TPSA) is 85.1 Å². The van der Waals surface area contributed by atoms with Crippen LogP contribution in [0.4, 0.5) is 0 Å². The summed E-state index contributed by atoms with van der Waals surface area (Å²) in [5.41, 5.74) is 10.5. The first kappa shape index (κ1) is 8.39. The molecule has 4 heteroatoms. The van der Waals surface area contributed by atoms with E-state index in [1.165, 1.54) is 7.11 Å². The molecule has 0 radical (unpaired) electrons. The molecule has 5 N–H and O–H groups in total. The number of rotatable bonds is 3. The van der Waals surface area contributed by atoms with Gasteiger partial charge in [0.15, 0.2) is 5.90 Å². The van der Waals surface area contributed by atoms with Gasteiger partial charge < -0.3 is 16.2 Å². The van der Waals surface area contributed by atoms with Gasteiger partial charge in [-0.2, -0.15) is 0 Å². The van der Waals surface area contributed by atoms with Crippen molar-refractivity contribution in [3.05, 3.63) is 0 Å². The van der Waals surface area contributed by atoms with Crippen molar-refractivity contribution in [2.45, 2.75) is 0 Å². The van der Waals surface area contributed by atoms with Crippen molar-refractivity contribution in [1.82, 2.24) is 0 Å². The van der Waals surface area contributed by atoms with E-state index in [2.05, 4.69) is 4.74 Å². The van der Waals surface area contributed by atoms with Crippen molar-refractivity contribution >= 4 is 5.90 Å². The molecule has 0 bridgehead atoms. The molecule has 54 valence electrons. The van der Waals surface area contributed by atoms with Crippen LogP contribution in [0.15, 0.2) is 0 Å². The minimum Gasteiger partial charge on any atom is -0.484 e. The Hall–Kier alpha value is -0.610. The normalized spacial score (nSPS) is 9.78. The SMILES string of the molecule is COC(=N)C(CN)CN. The first-order valence-electron chi connectivity index (χ1n) is 2.78. The Morgan fingerprint density at radius 2 is 2.00 bits per heavy atom. The Morgan fingerprint density at radius 3 is 2.11 bits per heavy atom. The molecule has 0 fully saturated rings. The van der Waals surface area contributed by atoms with Gasteiger partial charge in [-0.3, -0.25) is 5.41 Å². The molecule has 0 unspecified atom stereocenters. The second-order valence-corrected chi connectivity index (χ2v) is 1.74. The zero-order valence-corrected chi connectivity index (χ0v) is 5.55. The van der Waals surface area contributed by atoms with Crippen LogP contribution in [-0.2, 0) is 4.74 Å². The van der Waals surface area contributed by atoms with Gasteiger partial charge in [-0.15, -0.1) is 0 Å². The predicted octanol–water partition coefficient (Wildman–Crippen LogP) is -0.856. The summed E-state index contributed by atoms with van der Waals surface area (Å²) >= 11 is 0. The number of nitrogens with one attached hydrogen (secondary N) is 1. The maximum absolute atomic E-state index is 7.11. The number of methoxy groups -OCH3 is 1. The van der Waals surface area contributed by atoms with Crippen molar-refractivity contribution in [3.63, 3.8) is 0 Å². The summed E-state index contributed by atoms with van der Waals surface area (Å²) in [6.07, 6.45) is 0. The van der Waals surface area contributed by atoms with Crippen molar-refractivity contribution in [2.75, 3.05) is 20.2 Å². The summed E-state index contributed by atoms with van der Waals surface area (Å²) in [5.74, 6) is 0.0509. The van der Waals surface area contributed by atoms with Crippen LogP contribution in [0.25, 0.3) is 0 Å². The van der Waals surface area contributed by atoms with Gasteiger partial charge in [0.25, 0.3) is 0 Å². The van der Waals surface area contributed by atoms with E-state index in [9.17, 15) is 0 Å². The summed E-state index contributed by atoms with van der Waals surface area (Å²) < 4.78 is 4.62. The molecular weight excluding hydrogens is 118 g/mol. The molecule has 0 aromatic heterocycles. The van der Waals surface area contributed by atoms with E-state index < -0.39 is 0 Å². The molecule has 0 heterocycles. The molecule has 0 saturated heterocycles. The van der Waals surface area contributed by atoms with Crippen molar-refractivity contribution in [3.8, 4) is 0 Å². The smallest absolute Gasteiger partial charge is 0.185 e. The average Bonchev–Trinajstić information content (AvgIpc) is 1.90. The molecule has 0 amide bonds.